The molecular formula is C29H28ClNO6. The molecule has 0 spiro atoms. The summed E-state index contributed by atoms with van der Waals surface area (Å²) < 4.78 is 11.0. The monoisotopic (exact) mass is 521 g/mol. The van der Waals surface area contributed by atoms with Crippen molar-refractivity contribution < 1.29 is 29.3 Å². The van der Waals surface area contributed by atoms with Crippen molar-refractivity contribution in [1.82, 2.24) is 0 Å². The van der Waals surface area contributed by atoms with E-state index < -0.39 is 17.7 Å². The number of rotatable bonds is 7. The highest BCUT2D eigenvalue weighted by molar-refractivity contribution is 6.51. The predicted octanol–water partition coefficient (Wildman–Crippen LogP) is 6.20. The fraction of sp³-hybridized carbons (Fsp3) is 0.241. The first-order chi connectivity index (χ1) is 17.7. The molecule has 1 unspecified atom stereocenters. The van der Waals surface area contributed by atoms with Gasteiger partial charge in [0.15, 0.2) is 0 Å². The van der Waals surface area contributed by atoms with Crippen molar-refractivity contribution in [2.75, 3.05) is 18.6 Å². The number of nitrogens with zero attached hydrogens (tertiary/aromatic N) is 1. The summed E-state index contributed by atoms with van der Waals surface area (Å²) in [5.74, 6) is -0.717. The molecular weight excluding hydrogens is 494 g/mol. The van der Waals surface area contributed by atoms with Gasteiger partial charge in [-0.1, -0.05) is 37.6 Å². The van der Waals surface area contributed by atoms with Gasteiger partial charge in [0.05, 0.1) is 30.4 Å². The van der Waals surface area contributed by atoms with E-state index in [2.05, 4.69) is 0 Å². The van der Waals surface area contributed by atoms with Crippen LogP contribution in [0.5, 0.6) is 17.2 Å². The minimum absolute atomic E-state index is 0.0290. The van der Waals surface area contributed by atoms with Gasteiger partial charge in [-0.05, 0) is 72.5 Å². The Labute approximate surface area is 220 Å². The number of phenolic OH excluding ortho intramolecular Hbond substituents is 1. The van der Waals surface area contributed by atoms with Gasteiger partial charge in [-0.15, -0.1) is 0 Å². The number of carbonyl (C=O) groups excluding carboxylic acids is 2. The van der Waals surface area contributed by atoms with E-state index in [1.165, 1.54) is 30.2 Å². The number of carbonyl (C=O) groups is 2. The number of halogens is 1. The topological polar surface area (TPSA) is 96.3 Å². The summed E-state index contributed by atoms with van der Waals surface area (Å²) in [6.07, 6.45) is 0. The van der Waals surface area contributed by atoms with Crippen LogP contribution in [0.25, 0.3) is 5.76 Å². The standard InChI is InChI=1S/C29H28ClNO6/c1-5-37-23-12-8-18(14-21(23)16(2)3)27(33)25-26(17-6-10-20(32)11-7-17)31(29(35)28(25)34)19-9-13-24(36-4)22(30)15-19/h6-16,26,32-33H,5H2,1-4H3/b27-25-. The second-order valence-corrected chi connectivity index (χ2v) is 9.33. The summed E-state index contributed by atoms with van der Waals surface area (Å²) in [4.78, 5) is 28.1. The molecule has 1 atom stereocenters. The number of ether oxygens (including phenoxy) is 2. The molecule has 0 radical (unpaired) electrons. The Morgan fingerprint density at radius 1 is 1.03 bits per heavy atom. The SMILES string of the molecule is CCOc1ccc(/C(O)=C2/C(=O)C(=O)N(c3ccc(OC)c(Cl)c3)C2c2ccc(O)cc2)cc1C(C)C. The van der Waals surface area contributed by atoms with Crippen LogP contribution in [0.1, 0.15) is 49.4 Å². The summed E-state index contributed by atoms with van der Waals surface area (Å²) in [6, 6.07) is 15.1. The summed E-state index contributed by atoms with van der Waals surface area (Å²) in [6.45, 7) is 6.39. The van der Waals surface area contributed by atoms with Crippen LogP contribution >= 0.6 is 11.6 Å². The molecule has 1 amide bonds. The number of aromatic hydroxyl groups is 1. The molecule has 7 nitrogen and oxygen atoms in total. The fourth-order valence-corrected chi connectivity index (χ4v) is 4.72. The van der Waals surface area contributed by atoms with Crippen molar-refractivity contribution in [3.8, 4) is 17.2 Å². The number of aliphatic hydroxyl groups is 1. The smallest absolute Gasteiger partial charge is 0.300 e. The molecule has 0 aliphatic carbocycles. The average Bonchev–Trinajstić information content (AvgIpc) is 3.14. The Kier molecular flexibility index (Phi) is 7.45. The van der Waals surface area contributed by atoms with Crippen LogP contribution < -0.4 is 14.4 Å². The van der Waals surface area contributed by atoms with Gasteiger partial charge in [0.25, 0.3) is 11.7 Å². The van der Waals surface area contributed by atoms with E-state index in [-0.39, 0.29) is 28.0 Å². The Morgan fingerprint density at radius 2 is 1.70 bits per heavy atom. The number of aliphatic hydroxyl groups excluding tert-OH is 1. The van der Waals surface area contributed by atoms with E-state index >= 15 is 0 Å². The number of Topliss-reactive ketones (excluding diaryl/α,β-unsaturated/α-hetero) is 1. The summed E-state index contributed by atoms with van der Waals surface area (Å²) in [5, 5.41) is 21.6. The van der Waals surface area contributed by atoms with E-state index in [1.807, 2.05) is 20.8 Å². The molecule has 1 aliphatic heterocycles. The molecule has 3 aromatic carbocycles. The first kappa shape index (κ1) is 26.1. The maximum Gasteiger partial charge on any atom is 0.300 e. The Morgan fingerprint density at radius 3 is 2.30 bits per heavy atom. The van der Waals surface area contributed by atoms with Crippen molar-refractivity contribution in [3.63, 3.8) is 0 Å². The van der Waals surface area contributed by atoms with Crippen LogP contribution in [-0.2, 0) is 9.59 Å². The summed E-state index contributed by atoms with van der Waals surface area (Å²) >= 11 is 6.33. The number of hydrogen-bond donors (Lipinski definition) is 2. The molecule has 192 valence electrons. The molecule has 1 fully saturated rings. The largest absolute Gasteiger partial charge is 0.508 e. The number of amides is 1. The summed E-state index contributed by atoms with van der Waals surface area (Å²) in [7, 11) is 1.48. The molecule has 3 aromatic rings. The van der Waals surface area contributed by atoms with Crippen molar-refractivity contribution in [1.29, 1.82) is 0 Å². The number of hydrogen-bond acceptors (Lipinski definition) is 6. The second kappa shape index (κ2) is 10.6. The highest BCUT2D eigenvalue weighted by atomic mass is 35.5. The van der Waals surface area contributed by atoms with Crippen LogP contribution in [0.2, 0.25) is 5.02 Å². The van der Waals surface area contributed by atoms with Crippen molar-refractivity contribution in [3.05, 3.63) is 87.9 Å². The molecule has 37 heavy (non-hydrogen) atoms. The molecule has 0 aromatic heterocycles. The molecule has 2 N–H and O–H groups in total. The third kappa shape index (κ3) is 4.87. The van der Waals surface area contributed by atoms with Crippen LogP contribution in [0.4, 0.5) is 5.69 Å². The zero-order valence-electron chi connectivity index (χ0n) is 21.0. The fourth-order valence-electron chi connectivity index (χ4n) is 4.47. The average molecular weight is 522 g/mol. The van der Waals surface area contributed by atoms with Crippen LogP contribution in [-0.4, -0.2) is 35.6 Å². The van der Waals surface area contributed by atoms with Crippen LogP contribution in [0, 0.1) is 0 Å². The zero-order chi connectivity index (χ0) is 26.9. The lowest BCUT2D eigenvalue weighted by atomic mass is 9.93. The third-order valence-electron chi connectivity index (χ3n) is 6.27. The predicted molar refractivity (Wildman–Crippen MR) is 143 cm³/mol. The maximum atomic E-state index is 13.4. The lowest BCUT2D eigenvalue weighted by Gasteiger charge is -2.26. The molecule has 1 aliphatic rings. The van der Waals surface area contributed by atoms with Crippen molar-refractivity contribution >= 4 is 34.7 Å². The van der Waals surface area contributed by atoms with E-state index in [1.54, 1.807) is 42.5 Å². The highest BCUT2D eigenvalue weighted by Crippen LogP contribution is 2.44. The second-order valence-electron chi connectivity index (χ2n) is 8.92. The van der Waals surface area contributed by atoms with Gasteiger partial charge in [-0.25, -0.2) is 0 Å². The Balaban J connectivity index is 1.93. The molecule has 8 heteroatoms. The number of anilines is 1. The van der Waals surface area contributed by atoms with Crippen molar-refractivity contribution in [2.24, 2.45) is 0 Å². The Hall–Kier alpha value is -3.97. The molecule has 4 rings (SSSR count). The molecule has 0 saturated carbocycles. The number of phenols is 1. The number of benzene rings is 3. The number of ketones is 1. The van der Waals surface area contributed by atoms with E-state index in [0.29, 0.717) is 34.9 Å². The van der Waals surface area contributed by atoms with Crippen LogP contribution in [0.3, 0.4) is 0 Å². The first-order valence-corrected chi connectivity index (χ1v) is 12.3. The van der Waals surface area contributed by atoms with Crippen LogP contribution in [0.15, 0.2) is 66.2 Å². The lowest BCUT2D eigenvalue weighted by Crippen LogP contribution is -2.29. The van der Waals surface area contributed by atoms with Gasteiger partial charge < -0.3 is 19.7 Å². The van der Waals surface area contributed by atoms with Crippen molar-refractivity contribution in [2.45, 2.75) is 32.7 Å². The summed E-state index contributed by atoms with van der Waals surface area (Å²) in [5.41, 5.74) is 2.08. The minimum atomic E-state index is -0.959. The van der Waals surface area contributed by atoms with E-state index in [0.717, 1.165) is 5.56 Å². The molecule has 0 bridgehead atoms. The number of methoxy groups -OCH3 is 1. The first-order valence-electron chi connectivity index (χ1n) is 11.9. The van der Waals surface area contributed by atoms with Gasteiger partial charge in [0.1, 0.15) is 23.0 Å². The van der Waals surface area contributed by atoms with E-state index in [9.17, 15) is 19.8 Å². The van der Waals surface area contributed by atoms with Gasteiger partial charge in [0, 0.05) is 11.3 Å². The van der Waals surface area contributed by atoms with Gasteiger partial charge >= 0.3 is 0 Å². The quantitative estimate of drug-likeness (QED) is 0.218. The van der Waals surface area contributed by atoms with Gasteiger partial charge in [-0.3, -0.25) is 14.5 Å². The zero-order valence-corrected chi connectivity index (χ0v) is 21.7. The molecule has 1 saturated heterocycles. The third-order valence-corrected chi connectivity index (χ3v) is 6.57. The maximum absolute atomic E-state index is 13.4. The molecule has 1 heterocycles. The highest BCUT2D eigenvalue weighted by Gasteiger charge is 2.47. The van der Waals surface area contributed by atoms with Gasteiger partial charge in [0.2, 0.25) is 0 Å². The Bertz CT molecular complexity index is 1380. The van der Waals surface area contributed by atoms with E-state index in [4.69, 9.17) is 21.1 Å². The van der Waals surface area contributed by atoms with Gasteiger partial charge in [-0.2, -0.15) is 0 Å². The lowest BCUT2D eigenvalue weighted by molar-refractivity contribution is -0.132. The minimum Gasteiger partial charge on any atom is -0.508 e. The normalized spacial score (nSPS) is 16.9.